The predicted octanol–water partition coefficient (Wildman–Crippen LogP) is 4.07. The summed E-state index contributed by atoms with van der Waals surface area (Å²) in [6.07, 6.45) is 11.6. The van der Waals surface area contributed by atoms with E-state index >= 15 is 0 Å². The van der Waals surface area contributed by atoms with Crippen LogP contribution in [0.4, 0.5) is 0 Å². The lowest BCUT2D eigenvalue weighted by Gasteiger charge is -2.54. The molecular formula is C18H28ClNO. The van der Waals surface area contributed by atoms with Gasteiger partial charge in [-0.05, 0) is 68.6 Å². The largest absolute Gasteiger partial charge is 0.338 e. The summed E-state index contributed by atoms with van der Waals surface area (Å²) in [4.78, 5) is 15.5. The second kappa shape index (κ2) is 5.76. The van der Waals surface area contributed by atoms with Crippen molar-refractivity contribution in [1.29, 1.82) is 0 Å². The van der Waals surface area contributed by atoms with Crippen LogP contribution in [-0.2, 0) is 4.79 Å². The Morgan fingerprint density at radius 3 is 2.24 bits per heavy atom. The third kappa shape index (κ3) is 2.52. The van der Waals surface area contributed by atoms with Crippen molar-refractivity contribution in [2.75, 3.05) is 12.4 Å². The van der Waals surface area contributed by atoms with Gasteiger partial charge in [0.25, 0.3) is 0 Å². The third-order valence-corrected chi connectivity index (χ3v) is 7.21. The van der Waals surface area contributed by atoms with E-state index < -0.39 is 0 Å². The Balaban J connectivity index is 1.53. The second-order valence-corrected chi connectivity index (χ2v) is 8.45. The molecule has 1 amide bonds. The molecule has 0 spiro atoms. The molecule has 0 aromatic heterocycles. The van der Waals surface area contributed by atoms with Gasteiger partial charge in [-0.2, -0.15) is 0 Å². The smallest absolute Gasteiger partial charge is 0.226 e. The zero-order valence-electron chi connectivity index (χ0n) is 13.0. The molecule has 5 fully saturated rings. The molecule has 21 heavy (non-hydrogen) atoms. The molecule has 5 rings (SSSR count). The number of hydrogen-bond donors (Lipinski definition) is 0. The average molecular weight is 310 g/mol. The zero-order chi connectivity index (χ0) is 14.4. The Bertz CT molecular complexity index is 382. The maximum atomic E-state index is 13.3. The minimum Gasteiger partial charge on any atom is -0.338 e. The molecule has 1 heterocycles. The van der Waals surface area contributed by atoms with Gasteiger partial charge in [0.1, 0.15) is 0 Å². The molecule has 3 heteroatoms. The van der Waals surface area contributed by atoms with Crippen molar-refractivity contribution >= 4 is 17.5 Å². The van der Waals surface area contributed by atoms with E-state index in [0.717, 1.165) is 24.8 Å². The molecule has 118 valence electrons. The maximum absolute atomic E-state index is 13.3. The van der Waals surface area contributed by atoms with Gasteiger partial charge in [0, 0.05) is 24.4 Å². The fourth-order valence-electron chi connectivity index (χ4n) is 6.15. The highest BCUT2D eigenvalue weighted by atomic mass is 35.5. The average Bonchev–Trinajstić information content (AvgIpc) is 2.71. The van der Waals surface area contributed by atoms with Crippen molar-refractivity contribution in [3.63, 3.8) is 0 Å². The van der Waals surface area contributed by atoms with E-state index in [0.29, 0.717) is 35.6 Å². The van der Waals surface area contributed by atoms with E-state index in [4.69, 9.17) is 11.6 Å². The molecule has 1 saturated heterocycles. The van der Waals surface area contributed by atoms with Gasteiger partial charge >= 0.3 is 0 Å². The Labute approximate surface area is 133 Å². The normalized spacial score (nSPS) is 45.7. The third-order valence-electron chi connectivity index (χ3n) is 6.85. The molecule has 0 aromatic carbocycles. The molecule has 4 aliphatic carbocycles. The summed E-state index contributed by atoms with van der Waals surface area (Å²) in [7, 11) is 0. The molecule has 4 saturated carbocycles. The van der Waals surface area contributed by atoms with E-state index in [-0.39, 0.29) is 0 Å². The topological polar surface area (TPSA) is 20.3 Å². The van der Waals surface area contributed by atoms with Crippen LogP contribution in [0.25, 0.3) is 0 Å². The van der Waals surface area contributed by atoms with Crippen molar-refractivity contribution < 1.29 is 4.79 Å². The fourth-order valence-corrected chi connectivity index (χ4v) is 6.47. The highest BCUT2D eigenvalue weighted by Crippen LogP contribution is 2.57. The SMILES string of the molecule is O=C(C1C2CC3CC(C2)CC1C3)N1CCCCCC1CCl. The lowest BCUT2D eigenvalue weighted by molar-refractivity contribution is -0.151. The van der Waals surface area contributed by atoms with Crippen LogP contribution in [0.5, 0.6) is 0 Å². The first-order valence-corrected chi connectivity index (χ1v) is 9.66. The van der Waals surface area contributed by atoms with Gasteiger partial charge in [-0.1, -0.05) is 12.8 Å². The van der Waals surface area contributed by atoms with Crippen molar-refractivity contribution in [3.8, 4) is 0 Å². The van der Waals surface area contributed by atoms with E-state index in [1.54, 1.807) is 0 Å². The molecule has 1 atom stereocenters. The molecule has 1 aliphatic heterocycles. The van der Waals surface area contributed by atoms with Gasteiger partial charge < -0.3 is 4.90 Å². The Kier molecular flexibility index (Phi) is 3.94. The molecular weight excluding hydrogens is 282 g/mol. The summed E-state index contributed by atoms with van der Waals surface area (Å²) >= 11 is 6.19. The summed E-state index contributed by atoms with van der Waals surface area (Å²) in [6.45, 7) is 0.957. The van der Waals surface area contributed by atoms with Crippen LogP contribution in [0.1, 0.15) is 57.8 Å². The monoisotopic (exact) mass is 309 g/mol. The van der Waals surface area contributed by atoms with Crippen LogP contribution in [0.2, 0.25) is 0 Å². The number of halogens is 1. The second-order valence-electron chi connectivity index (χ2n) is 8.15. The number of carbonyl (C=O) groups is 1. The van der Waals surface area contributed by atoms with Gasteiger partial charge in [-0.3, -0.25) is 4.79 Å². The van der Waals surface area contributed by atoms with Crippen LogP contribution in [0, 0.1) is 29.6 Å². The van der Waals surface area contributed by atoms with Crippen molar-refractivity contribution in [2.24, 2.45) is 29.6 Å². The minimum atomic E-state index is 0.304. The minimum absolute atomic E-state index is 0.304. The van der Waals surface area contributed by atoms with Crippen molar-refractivity contribution in [1.82, 2.24) is 4.90 Å². The van der Waals surface area contributed by atoms with Crippen LogP contribution in [0.15, 0.2) is 0 Å². The number of amides is 1. The van der Waals surface area contributed by atoms with Gasteiger partial charge in [-0.15, -0.1) is 11.6 Å². The standard InChI is InChI=1S/C18H28ClNO/c19-11-16-4-2-1-3-5-20(16)18(21)17-14-7-12-6-13(9-14)10-15(17)8-12/h12-17H,1-11H2. The summed E-state index contributed by atoms with van der Waals surface area (Å²) in [5, 5.41) is 0. The van der Waals surface area contributed by atoms with E-state index in [9.17, 15) is 4.79 Å². The van der Waals surface area contributed by atoms with Crippen LogP contribution < -0.4 is 0 Å². The number of alkyl halides is 1. The van der Waals surface area contributed by atoms with E-state index in [1.165, 1.54) is 51.4 Å². The van der Waals surface area contributed by atoms with Crippen LogP contribution in [-0.4, -0.2) is 29.3 Å². The molecule has 5 aliphatic rings. The fraction of sp³-hybridized carbons (Fsp3) is 0.944. The molecule has 0 aromatic rings. The molecule has 2 nitrogen and oxygen atoms in total. The van der Waals surface area contributed by atoms with E-state index in [2.05, 4.69) is 4.90 Å². The Morgan fingerprint density at radius 2 is 1.62 bits per heavy atom. The van der Waals surface area contributed by atoms with Gasteiger partial charge in [0.15, 0.2) is 0 Å². The number of hydrogen-bond acceptors (Lipinski definition) is 1. The predicted molar refractivity (Wildman–Crippen MR) is 85.2 cm³/mol. The quantitative estimate of drug-likeness (QED) is 0.704. The highest BCUT2D eigenvalue weighted by Gasteiger charge is 2.51. The van der Waals surface area contributed by atoms with Gasteiger partial charge in [0.2, 0.25) is 5.91 Å². The lowest BCUT2D eigenvalue weighted by Crippen LogP contribution is -2.54. The van der Waals surface area contributed by atoms with E-state index in [1.807, 2.05) is 0 Å². The number of rotatable bonds is 2. The summed E-state index contributed by atoms with van der Waals surface area (Å²) < 4.78 is 0. The highest BCUT2D eigenvalue weighted by molar-refractivity contribution is 6.18. The molecule has 1 unspecified atom stereocenters. The summed E-state index contributed by atoms with van der Waals surface area (Å²) in [6, 6.07) is 0.304. The van der Waals surface area contributed by atoms with Crippen molar-refractivity contribution in [3.05, 3.63) is 0 Å². The van der Waals surface area contributed by atoms with Crippen LogP contribution >= 0.6 is 11.6 Å². The Morgan fingerprint density at radius 1 is 0.952 bits per heavy atom. The summed E-state index contributed by atoms with van der Waals surface area (Å²) in [5.74, 6) is 4.76. The maximum Gasteiger partial charge on any atom is 0.226 e. The molecule has 0 radical (unpaired) electrons. The first-order chi connectivity index (χ1) is 10.3. The molecule has 4 bridgehead atoms. The number of carbonyl (C=O) groups excluding carboxylic acids is 1. The number of nitrogens with zero attached hydrogens (tertiary/aromatic N) is 1. The van der Waals surface area contributed by atoms with Crippen LogP contribution in [0.3, 0.4) is 0 Å². The zero-order valence-corrected chi connectivity index (χ0v) is 13.7. The first-order valence-electron chi connectivity index (χ1n) is 9.12. The summed E-state index contributed by atoms with van der Waals surface area (Å²) in [5.41, 5.74) is 0. The Hall–Kier alpha value is -0.240. The number of likely N-dealkylation sites (tertiary alicyclic amines) is 1. The lowest BCUT2D eigenvalue weighted by atomic mass is 9.51. The molecule has 0 N–H and O–H groups in total. The van der Waals surface area contributed by atoms with Gasteiger partial charge in [-0.25, -0.2) is 0 Å². The van der Waals surface area contributed by atoms with Gasteiger partial charge in [0.05, 0.1) is 0 Å². The van der Waals surface area contributed by atoms with Crippen molar-refractivity contribution in [2.45, 2.75) is 63.8 Å². The first kappa shape index (κ1) is 14.4.